The molecule has 2 saturated heterocycles. The van der Waals surface area contributed by atoms with E-state index >= 15 is 0 Å². The number of piperazine rings is 1. The minimum Gasteiger partial charge on any atom is -0.340 e. The van der Waals surface area contributed by atoms with Gasteiger partial charge in [-0.1, -0.05) is 0 Å². The summed E-state index contributed by atoms with van der Waals surface area (Å²) in [4.78, 5) is 14.0. The molecule has 0 aromatic carbocycles. The lowest BCUT2D eigenvalue weighted by Gasteiger charge is -2.31. The standard InChI is InChI=1S/C10H18N3O/c14-10(9-1-3-11-4-2-9)13-7-5-12-6-8-13/h9,11H,1-8H2. The Kier molecular flexibility index (Phi) is 3.37. The maximum Gasteiger partial charge on any atom is 0.225 e. The second kappa shape index (κ2) is 4.75. The van der Waals surface area contributed by atoms with Crippen LogP contribution in [0.1, 0.15) is 12.8 Å². The molecule has 0 aliphatic carbocycles. The Morgan fingerprint density at radius 3 is 2.50 bits per heavy atom. The van der Waals surface area contributed by atoms with Crippen LogP contribution < -0.4 is 10.6 Å². The smallest absolute Gasteiger partial charge is 0.225 e. The van der Waals surface area contributed by atoms with E-state index in [0.717, 1.165) is 52.1 Å². The molecule has 2 fully saturated rings. The fourth-order valence-electron chi connectivity index (χ4n) is 2.15. The molecule has 0 aromatic rings. The minimum atomic E-state index is 0.273. The highest BCUT2D eigenvalue weighted by molar-refractivity contribution is 5.79. The molecule has 79 valence electrons. The summed E-state index contributed by atoms with van der Waals surface area (Å²) in [5, 5.41) is 7.53. The first-order valence-electron chi connectivity index (χ1n) is 5.50. The third kappa shape index (κ3) is 2.25. The van der Waals surface area contributed by atoms with Crippen LogP contribution in [0.5, 0.6) is 0 Å². The quantitative estimate of drug-likeness (QED) is 0.610. The fourth-order valence-corrected chi connectivity index (χ4v) is 2.15. The highest BCUT2D eigenvalue weighted by atomic mass is 16.2. The second-order valence-corrected chi connectivity index (χ2v) is 4.02. The van der Waals surface area contributed by atoms with Crippen LogP contribution in [-0.4, -0.2) is 50.1 Å². The van der Waals surface area contributed by atoms with Gasteiger partial charge >= 0.3 is 0 Å². The molecule has 0 spiro atoms. The molecule has 0 unspecified atom stereocenters. The van der Waals surface area contributed by atoms with E-state index in [1.54, 1.807) is 0 Å². The van der Waals surface area contributed by atoms with Crippen LogP contribution in [0.2, 0.25) is 0 Å². The summed E-state index contributed by atoms with van der Waals surface area (Å²) in [6.07, 6.45) is 2.01. The van der Waals surface area contributed by atoms with Crippen LogP contribution in [0, 0.1) is 5.92 Å². The van der Waals surface area contributed by atoms with Gasteiger partial charge in [0, 0.05) is 32.1 Å². The third-order valence-electron chi connectivity index (χ3n) is 3.06. The highest BCUT2D eigenvalue weighted by Crippen LogP contribution is 2.15. The fraction of sp³-hybridized carbons (Fsp3) is 0.900. The summed E-state index contributed by atoms with van der Waals surface area (Å²) in [5.74, 6) is 0.635. The van der Waals surface area contributed by atoms with Crippen molar-refractivity contribution >= 4 is 5.91 Å². The Morgan fingerprint density at radius 2 is 1.86 bits per heavy atom. The Hall–Kier alpha value is -0.610. The number of hydrogen-bond acceptors (Lipinski definition) is 2. The van der Waals surface area contributed by atoms with Gasteiger partial charge in [-0.3, -0.25) is 4.79 Å². The molecule has 14 heavy (non-hydrogen) atoms. The number of amides is 1. The van der Waals surface area contributed by atoms with Crippen molar-refractivity contribution in [2.75, 3.05) is 39.3 Å². The van der Waals surface area contributed by atoms with E-state index in [1.165, 1.54) is 0 Å². The van der Waals surface area contributed by atoms with Crippen molar-refractivity contribution < 1.29 is 4.79 Å². The van der Waals surface area contributed by atoms with Crippen LogP contribution >= 0.6 is 0 Å². The molecule has 2 aliphatic heterocycles. The molecule has 2 aliphatic rings. The molecule has 1 N–H and O–H groups in total. The minimum absolute atomic E-state index is 0.273. The van der Waals surface area contributed by atoms with Gasteiger partial charge in [0.25, 0.3) is 0 Å². The lowest BCUT2D eigenvalue weighted by Crippen LogP contribution is -2.48. The zero-order valence-corrected chi connectivity index (χ0v) is 8.54. The Balaban J connectivity index is 1.85. The number of hydrogen-bond donors (Lipinski definition) is 1. The Bertz CT molecular complexity index is 176. The molecule has 1 amide bonds. The van der Waals surface area contributed by atoms with Gasteiger partial charge in [-0.2, -0.15) is 0 Å². The maximum absolute atomic E-state index is 12.0. The summed E-state index contributed by atoms with van der Waals surface area (Å²) in [5.41, 5.74) is 0. The van der Waals surface area contributed by atoms with E-state index in [0.29, 0.717) is 5.91 Å². The zero-order valence-electron chi connectivity index (χ0n) is 8.54. The predicted molar refractivity (Wildman–Crippen MR) is 54.0 cm³/mol. The highest BCUT2D eigenvalue weighted by Gasteiger charge is 2.26. The van der Waals surface area contributed by atoms with Gasteiger partial charge in [-0.15, -0.1) is 0 Å². The summed E-state index contributed by atoms with van der Waals surface area (Å²) < 4.78 is 0. The van der Waals surface area contributed by atoms with Crippen molar-refractivity contribution in [2.24, 2.45) is 5.92 Å². The average molecular weight is 196 g/mol. The average Bonchev–Trinajstić information content (AvgIpc) is 2.30. The van der Waals surface area contributed by atoms with Crippen molar-refractivity contribution in [3.63, 3.8) is 0 Å². The number of carbonyl (C=O) groups is 1. The SMILES string of the molecule is O=C(C1CCNCC1)N1CC[N]CC1. The number of rotatable bonds is 1. The van der Waals surface area contributed by atoms with Gasteiger partial charge in [0.05, 0.1) is 0 Å². The van der Waals surface area contributed by atoms with E-state index in [4.69, 9.17) is 0 Å². The number of nitrogens with zero attached hydrogens (tertiary/aromatic N) is 2. The van der Waals surface area contributed by atoms with Gasteiger partial charge in [-0.05, 0) is 25.9 Å². The summed E-state index contributed by atoms with van der Waals surface area (Å²) >= 11 is 0. The van der Waals surface area contributed by atoms with Gasteiger partial charge < -0.3 is 10.2 Å². The number of piperidine rings is 1. The molecule has 0 atom stereocenters. The molecule has 0 saturated carbocycles. The van der Waals surface area contributed by atoms with E-state index in [-0.39, 0.29) is 5.92 Å². The Morgan fingerprint density at radius 1 is 1.21 bits per heavy atom. The van der Waals surface area contributed by atoms with Crippen molar-refractivity contribution in [3.05, 3.63) is 0 Å². The Labute approximate surface area is 85.0 Å². The predicted octanol–water partition coefficient (Wildman–Crippen LogP) is -0.567. The molecule has 2 rings (SSSR count). The molecule has 0 bridgehead atoms. The summed E-state index contributed by atoms with van der Waals surface area (Å²) in [7, 11) is 0. The van der Waals surface area contributed by atoms with Crippen molar-refractivity contribution in [1.82, 2.24) is 15.5 Å². The zero-order chi connectivity index (χ0) is 9.80. The van der Waals surface area contributed by atoms with Crippen molar-refractivity contribution in [2.45, 2.75) is 12.8 Å². The second-order valence-electron chi connectivity index (χ2n) is 4.02. The van der Waals surface area contributed by atoms with E-state index in [2.05, 4.69) is 10.6 Å². The van der Waals surface area contributed by atoms with E-state index < -0.39 is 0 Å². The summed E-state index contributed by atoms with van der Waals surface area (Å²) in [6, 6.07) is 0. The first-order valence-corrected chi connectivity index (χ1v) is 5.50. The van der Waals surface area contributed by atoms with Gasteiger partial charge in [0.1, 0.15) is 0 Å². The van der Waals surface area contributed by atoms with Crippen LogP contribution in [0.25, 0.3) is 0 Å². The third-order valence-corrected chi connectivity index (χ3v) is 3.06. The summed E-state index contributed by atoms with van der Waals surface area (Å²) in [6.45, 7) is 5.32. The monoisotopic (exact) mass is 196 g/mol. The molecular formula is C10H18N3O. The number of nitrogens with one attached hydrogen (secondary N) is 1. The maximum atomic E-state index is 12.0. The first-order chi connectivity index (χ1) is 6.88. The molecule has 4 nitrogen and oxygen atoms in total. The van der Waals surface area contributed by atoms with Crippen LogP contribution in [-0.2, 0) is 4.79 Å². The van der Waals surface area contributed by atoms with Crippen LogP contribution in [0.3, 0.4) is 0 Å². The molecular weight excluding hydrogens is 178 g/mol. The van der Waals surface area contributed by atoms with Gasteiger partial charge in [-0.25, -0.2) is 5.32 Å². The molecule has 2 heterocycles. The van der Waals surface area contributed by atoms with E-state index in [9.17, 15) is 4.79 Å². The van der Waals surface area contributed by atoms with Crippen molar-refractivity contribution in [1.29, 1.82) is 0 Å². The van der Waals surface area contributed by atoms with Gasteiger partial charge in [0.15, 0.2) is 0 Å². The molecule has 0 aromatic heterocycles. The molecule has 1 radical (unpaired) electrons. The van der Waals surface area contributed by atoms with Crippen LogP contribution in [0.15, 0.2) is 0 Å². The molecule has 4 heteroatoms. The number of carbonyl (C=O) groups excluding carboxylic acids is 1. The normalized spacial score (nSPS) is 25.0. The van der Waals surface area contributed by atoms with Gasteiger partial charge in [0.2, 0.25) is 5.91 Å². The topological polar surface area (TPSA) is 46.4 Å². The lowest BCUT2D eigenvalue weighted by molar-refractivity contribution is -0.136. The van der Waals surface area contributed by atoms with Crippen LogP contribution in [0.4, 0.5) is 0 Å². The largest absolute Gasteiger partial charge is 0.340 e. The first kappa shape index (κ1) is 9.93. The van der Waals surface area contributed by atoms with Crippen molar-refractivity contribution in [3.8, 4) is 0 Å². The van der Waals surface area contributed by atoms with E-state index in [1.807, 2.05) is 4.90 Å². The lowest BCUT2D eigenvalue weighted by atomic mass is 9.96.